The Morgan fingerprint density at radius 1 is 1.38 bits per heavy atom. The lowest BCUT2D eigenvalue weighted by Crippen LogP contribution is -2.38. The Labute approximate surface area is 121 Å². The van der Waals surface area contributed by atoms with Crippen LogP contribution in [-0.2, 0) is 0 Å². The lowest BCUT2D eigenvalue weighted by Gasteiger charge is -2.22. The molecule has 0 spiro atoms. The summed E-state index contributed by atoms with van der Waals surface area (Å²) in [6.07, 6.45) is -4.13. The van der Waals surface area contributed by atoms with Gasteiger partial charge in [-0.05, 0) is 25.1 Å². The molecule has 0 unspecified atom stereocenters. The fraction of sp³-hybridized carbons (Fsp3) is 0.400. The minimum absolute atomic E-state index is 0.0290. The molecule has 0 saturated heterocycles. The van der Waals surface area contributed by atoms with E-state index in [1.807, 2.05) is 0 Å². The number of halogens is 3. The molecule has 0 heterocycles. The second-order valence-electron chi connectivity index (χ2n) is 4.29. The van der Waals surface area contributed by atoms with Crippen LogP contribution >= 0.6 is 0 Å². The third-order valence-electron chi connectivity index (χ3n) is 2.62. The third kappa shape index (κ3) is 5.88. The van der Waals surface area contributed by atoms with Crippen molar-refractivity contribution in [2.45, 2.75) is 19.5 Å². The number of amides is 1. The highest BCUT2D eigenvalue weighted by Crippen LogP contribution is 2.18. The number of aliphatic hydroxyl groups is 1. The molecule has 3 nitrogen and oxygen atoms in total. The van der Waals surface area contributed by atoms with Crippen molar-refractivity contribution in [2.24, 2.45) is 0 Å². The summed E-state index contributed by atoms with van der Waals surface area (Å²) in [4.78, 5) is 12.8. The highest BCUT2D eigenvalue weighted by Gasteiger charge is 2.32. The number of hydrogen-bond donors (Lipinski definition) is 1. The van der Waals surface area contributed by atoms with Crippen LogP contribution in [-0.4, -0.2) is 41.8 Å². The molecule has 1 aromatic carbocycles. The Kier molecular flexibility index (Phi) is 6.25. The maximum atomic E-state index is 12.4. The largest absolute Gasteiger partial charge is 0.406 e. The van der Waals surface area contributed by atoms with Gasteiger partial charge in [0.25, 0.3) is 5.91 Å². The molecular weight excluding hydrogens is 283 g/mol. The maximum Gasteiger partial charge on any atom is 0.406 e. The van der Waals surface area contributed by atoms with Crippen molar-refractivity contribution in [2.75, 3.05) is 19.7 Å². The van der Waals surface area contributed by atoms with Gasteiger partial charge in [-0.25, -0.2) is 0 Å². The van der Waals surface area contributed by atoms with Crippen molar-refractivity contribution >= 4 is 5.91 Å². The van der Waals surface area contributed by atoms with E-state index in [0.717, 1.165) is 4.90 Å². The molecule has 1 aromatic rings. The van der Waals surface area contributed by atoms with Gasteiger partial charge in [-0.1, -0.05) is 17.9 Å². The SMILES string of the molecule is CCN(CC(F)(F)F)C(=O)c1cccc(C#CCCO)c1. The summed E-state index contributed by atoms with van der Waals surface area (Å²) >= 11 is 0. The zero-order chi connectivity index (χ0) is 15.9. The van der Waals surface area contributed by atoms with Gasteiger partial charge in [-0.3, -0.25) is 4.79 Å². The molecule has 0 bridgehead atoms. The molecule has 1 rings (SSSR count). The predicted octanol–water partition coefficient (Wildman–Crippen LogP) is 2.44. The van der Waals surface area contributed by atoms with E-state index in [1.165, 1.54) is 19.1 Å². The lowest BCUT2D eigenvalue weighted by molar-refractivity contribution is -0.140. The lowest BCUT2D eigenvalue weighted by atomic mass is 10.1. The molecule has 0 saturated carbocycles. The van der Waals surface area contributed by atoms with Crippen LogP contribution < -0.4 is 0 Å². The van der Waals surface area contributed by atoms with Gasteiger partial charge in [0.2, 0.25) is 0 Å². The Morgan fingerprint density at radius 3 is 2.67 bits per heavy atom. The quantitative estimate of drug-likeness (QED) is 0.868. The van der Waals surface area contributed by atoms with Crippen LogP contribution in [0.2, 0.25) is 0 Å². The topological polar surface area (TPSA) is 40.5 Å². The Hall–Kier alpha value is -2.00. The second kappa shape index (κ2) is 7.70. The predicted molar refractivity (Wildman–Crippen MR) is 72.7 cm³/mol. The molecule has 0 atom stereocenters. The zero-order valence-electron chi connectivity index (χ0n) is 11.6. The summed E-state index contributed by atoms with van der Waals surface area (Å²) in [6.45, 7) is 0.122. The first kappa shape index (κ1) is 17.1. The minimum Gasteiger partial charge on any atom is -0.395 e. The first-order chi connectivity index (χ1) is 9.87. The van der Waals surface area contributed by atoms with Crippen molar-refractivity contribution in [3.63, 3.8) is 0 Å². The normalized spacial score (nSPS) is 10.7. The standard InChI is InChI=1S/C15H16F3NO2/c1-2-19(11-15(16,17)18)14(21)13-8-5-7-12(10-13)6-3-4-9-20/h5,7-8,10,20H,2,4,9,11H2,1H3. The average molecular weight is 299 g/mol. The van der Waals surface area contributed by atoms with Gasteiger partial charge in [-0.15, -0.1) is 0 Å². The van der Waals surface area contributed by atoms with Gasteiger partial charge in [0, 0.05) is 24.1 Å². The van der Waals surface area contributed by atoms with E-state index in [0.29, 0.717) is 12.0 Å². The van der Waals surface area contributed by atoms with Gasteiger partial charge >= 0.3 is 6.18 Å². The second-order valence-corrected chi connectivity index (χ2v) is 4.29. The highest BCUT2D eigenvalue weighted by molar-refractivity contribution is 5.94. The Morgan fingerprint density at radius 2 is 2.10 bits per heavy atom. The first-order valence-electron chi connectivity index (χ1n) is 6.43. The van der Waals surface area contributed by atoms with Crippen LogP contribution in [0.1, 0.15) is 29.3 Å². The number of hydrogen-bond acceptors (Lipinski definition) is 2. The molecular formula is C15H16F3NO2. The molecule has 21 heavy (non-hydrogen) atoms. The maximum absolute atomic E-state index is 12.4. The Bertz CT molecular complexity index is 544. The van der Waals surface area contributed by atoms with Crippen LogP contribution in [0, 0.1) is 11.8 Å². The first-order valence-corrected chi connectivity index (χ1v) is 6.43. The summed E-state index contributed by atoms with van der Waals surface area (Å²) in [5.41, 5.74) is 0.689. The summed E-state index contributed by atoms with van der Waals surface area (Å²) in [5.74, 6) is 4.76. The number of carbonyl (C=O) groups is 1. The molecule has 0 fully saturated rings. The zero-order valence-corrected chi connectivity index (χ0v) is 11.6. The Balaban J connectivity index is 2.91. The van der Waals surface area contributed by atoms with Gasteiger partial charge in [0.05, 0.1) is 6.61 Å². The van der Waals surface area contributed by atoms with E-state index in [9.17, 15) is 18.0 Å². The monoisotopic (exact) mass is 299 g/mol. The van der Waals surface area contributed by atoms with E-state index >= 15 is 0 Å². The van der Waals surface area contributed by atoms with Crippen LogP contribution in [0.3, 0.4) is 0 Å². The number of aliphatic hydroxyl groups excluding tert-OH is 1. The fourth-order valence-electron chi connectivity index (χ4n) is 1.68. The van der Waals surface area contributed by atoms with Crippen molar-refractivity contribution in [3.05, 3.63) is 35.4 Å². The summed E-state index contributed by atoms with van der Waals surface area (Å²) in [6, 6.07) is 6.13. The average Bonchev–Trinajstić information content (AvgIpc) is 2.44. The van der Waals surface area contributed by atoms with Crippen LogP contribution in [0.15, 0.2) is 24.3 Å². The van der Waals surface area contributed by atoms with E-state index < -0.39 is 18.6 Å². The molecule has 1 amide bonds. The van der Waals surface area contributed by atoms with Crippen molar-refractivity contribution < 1.29 is 23.1 Å². The van der Waals surface area contributed by atoms with Crippen molar-refractivity contribution in [3.8, 4) is 11.8 Å². The van der Waals surface area contributed by atoms with E-state index in [1.54, 1.807) is 12.1 Å². The smallest absolute Gasteiger partial charge is 0.395 e. The van der Waals surface area contributed by atoms with E-state index in [4.69, 9.17) is 5.11 Å². The fourth-order valence-corrected chi connectivity index (χ4v) is 1.68. The summed E-state index contributed by atoms with van der Waals surface area (Å²) in [5, 5.41) is 8.63. The van der Waals surface area contributed by atoms with E-state index in [-0.39, 0.29) is 18.7 Å². The van der Waals surface area contributed by atoms with Crippen LogP contribution in [0.25, 0.3) is 0 Å². The summed E-state index contributed by atoms with van der Waals surface area (Å²) in [7, 11) is 0. The van der Waals surface area contributed by atoms with Gasteiger partial charge in [-0.2, -0.15) is 13.2 Å². The molecule has 1 N–H and O–H groups in total. The van der Waals surface area contributed by atoms with Gasteiger partial charge in [0.1, 0.15) is 6.54 Å². The minimum atomic E-state index is -4.43. The number of benzene rings is 1. The molecule has 0 radical (unpaired) electrons. The summed E-state index contributed by atoms with van der Waals surface area (Å²) < 4.78 is 37.2. The molecule has 0 aromatic heterocycles. The van der Waals surface area contributed by atoms with Crippen molar-refractivity contribution in [1.82, 2.24) is 4.90 Å². The van der Waals surface area contributed by atoms with Crippen LogP contribution in [0.5, 0.6) is 0 Å². The number of nitrogens with zero attached hydrogens (tertiary/aromatic N) is 1. The molecule has 6 heteroatoms. The molecule has 0 aliphatic carbocycles. The molecule has 0 aliphatic heterocycles. The number of alkyl halides is 3. The van der Waals surface area contributed by atoms with Gasteiger partial charge < -0.3 is 10.0 Å². The third-order valence-corrected chi connectivity index (χ3v) is 2.62. The van der Waals surface area contributed by atoms with Crippen molar-refractivity contribution in [1.29, 1.82) is 0 Å². The van der Waals surface area contributed by atoms with Gasteiger partial charge in [0.15, 0.2) is 0 Å². The highest BCUT2D eigenvalue weighted by atomic mass is 19.4. The molecule has 114 valence electrons. The van der Waals surface area contributed by atoms with E-state index in [2.05, 4.69) is 11.8 Å². The number of carbonyl (C=O) groups excluding carboxylic acids is 1. The number of rotatable bonds is 4. The molecule has 0 aliphatic rings. The van der Waals surface area contributed by atoms with Crippen LogP contribution in [0.4, 0.5) is 13.2 Å².